The van der Waals surface area contributed by atoms with Crippen molar-refractivity contribution in [3.05, 3.63) is 0 Å². The first kappa shape index (κ1) is 13.8. The summed E-state index contributed by atoms with van der Waals surface area (Å²) >= 11 is 0. The second-order valence-electron chi connectivity index (χ2n) is 3.59. The SMILES string of the molecule is CS(=O)(=O)OCC1CC(COS(C)(=O)=O)O1. The van der Waals surface area contributed by atoms with Crippen molar-refractivity contribution in [2.45, 2.75) is 18.6 Å². The van der Waals surface area contributed by atoms with Gasteiger partial charge in [-0.05, 0) is 0 Å². The van der Waals surface area contributed by atoms with Crippen molar-refractivity contribution in [2.24, 2.45) is 0 Å². The van der Waals surface area contributed by atoms with Crippen LogP contribution in [0.3, 0.4) is 0 Å². The van der Waals surface area contributed by atoms with Crippen LogP contribution < -0.4 is 0 Å². The molecule has 9 heteroatoms. The van der Waals surface area contributed by atoms with E-state index < -0.39 is 20.2 Å². The van der Waals surface area contributed by atoms with Crippen molar-refractivity contribution < 1.29 is 29.9 Å². The van der Waals surface area contributed by atoms with E-state index in [1.54, 1.807) is 0 Å². The Morgan fingerprint density at radius 2 is 1.31 bits per heavy atom. The third kappa shape index (κ3) is 5.75. The minimum atomic E-state index is -3.46. The molecule has 0 N–H and O–H groups in total. The molecule has 0 saturated carbocycles. The predicted octanol–water partition coefficient (Wildman–Crippen LogP) is -0.904. The number of ether oxygens (including phenoxy) is 1. The molecule has 7 nitrogen and oxygen atoms in total. The smallest absolute Gasteiger partial charge is 0.264 e. The van der Waals surface area contributed by atoms with E-state index in [4.69, 9.17) is 4.74 Å². The summed E-state index contributed by atoms with van der Waals surface area (Å²) in [4.78, 5) is 0. The third-order valence-corrected chi connectivity index (χ3v) is 2.98. The van der Waals surface area contributed by atoms with Crippen molar-refractivity contribution in [1.29, 1.82) is 0 Å². The van der Waals surface area contributed by atoms with E-state index in [1.165, 1.54) is 0 Å². The number of hydrogen-bond donors (Lipinski definition) is 0. The van der Waals surface area contributed by atoms with Gasteiger partial charge in [0, 0.05) is 6.42 Å². The maximum absolute atomic E-state index is 10.6. The molecule has 1 saturated heterocycles. The molecule has 0 aromatic heterocycles. The summed E-state index contributed by atoms with van der Waals surface area (Å²) in [5.41, 5.74) is 0. The van der Waals surface area contributed by atoms with Crippen LogP contribution in [0.4, 0.5) is 0 Å². The summed E-state index contributed by atoms with van der Waals surface area (Å²) in [6.07, 6.45) is 1.79. The Labute approximate surface area is 94.9 Å². The fourth-order valence-electron chi connectivity index (χ4n) is 1.17. The molecule has 0 bridgehead atoms. The first-order valence-corrected chi connectivity index (χ1v) is 8.13. The van der Waals surface area contributed by atoms with Crippen LogP contribution in [0.5, 0.6) is 0 Å². The van der Waals surface area contributed by atoms with Crippen LogP contribution in [0.25, 0.3) is 0 Å². The van der Waals surface area contributed by atoms with Crippen LogP contribution in [0.15, 0.2) is 0 Å². The average molecular weight is 274 g/mol. The van der Waals surface area contributed by atoms with E-state index in [1.807, 2.05) is 0 Å². The Morgan fingerprint density at radius 1 is 1.00 bits per heavy atom. The maximum atomic E-state index is 10.6. The van der Waals surface area contributed by atoms with Gasteiger partial charge in [0.15, 0.2) is 0 Å². The van der Waals surface area contributed by atoms with Gasteiger partial charge in [-0.15, -0.1) is 0 Å². The topological polar surface area (TPSA) is 96.0 Å². The Balaban J connectivity index is 2.14. The summed E-state index contributed by atoms with van der Waals surface area (Å²) in [5, 5.41) is 0. The lowest BCUT2D eigenvalue weighted by atomic mass is 10.1. The molecule has 96 valence electrons. The van der Waals surface area contributed by atoms with E-state index in [9.17, 15) is 16.8 Å². The molecule has 0 spiro atoms. The molecule has 1 aliphatic heterocycles. The fraction of sp³-hybridized carbons (Fsp3) is 1.00. The molecule has 1 heterocycles. The number of hydrogen-bond acceptors (Lipinski definition) is 7. The van der Waals surface area contributed by atoms with Gasteiger partial charge in [0.25, 0.3) is 20.2 Å². The predicted molar refractivity (Wildman–Crippen MR) is 54.9 cm³/mol. The highest BCUT2D eigenvalue weighted by atomic mass is 32.2. The highest BCUT2D eigenvalue weighted by Crippen LogP contribution is 2.21. The fourth-order valence-corrected chi connectivity index (χ4v) is 1.97. The summed E-state index contributed by atoms with van der Waals surface area (Å²) in [6, 6.07) is 0. The molecule has 1 aliphatic rings. The quantitative estimate of drug-likeness (QED) is 0.579. The van der Waals surface area contributed by atoms with E-state index in [2.05, 4.69) is 8.37 Å². The van der Waals surface area contributed by atoms with Crippen molar-refractivity contribution in [3.8, 4) is 0 Å². The standard InChI is InChI=1S/C7H14O7S2/c1-15(8,9)12-4-6-3-7(14-6)5-13-16(2,10)11/h6-7H,3-5H2,1-2H3. The lowest BCUT2D eigenvalue weighted by molar-refractivity contribution is -0.149. The summed E-state index contributed by atoms with van der Waals surface area (Å²) < 4.78 is 56.7. The molecule has 0 aliphatic carbocycles. The van der Waals surface area contributed by atoms with E-state index in [-0.39, 0.29) is 25.4 Å². The van der Waals surface area contributed by atoms with E-state index in [0.717, 1.165) is 12.5 Å². The Bertz CT molecular complexity index is 378. The van der Waals surface area contributed by atoms with Crippen molar-refractivity contribution in [1.82, 2.24) is 0 Å². The normalized spacial score (nSPS) is 26.4. The lowest BCUT2D eigenvalue weighted by Gasteiger charge is -2.34. The minimum Gasteiger partial charge on any atom is -0.370 e. The van der Waals surface area contributed by atoms with Crippen LogP contribution in [0.2, 0.25) is 0 Å². The second kappa shape index (κ2) is 4.96. The molecule has 1 fully saturated rings. The van der Waals surface area contributed by atoms with Gasteiger partial charge in [0.1, 0.15) is 0 Å². The van der Waals surface area contributed by atoms with Crippen LogP contribution in [-0.4, -0.2) is 54.8 Å². The van der Waals surface area contributed by atoms with Gasteiger partial charge < -0.3 is 4.74 Å². The van der Waals surface area contributed by atoms with Crippen LogP contribution in [0.1, 0.15) is 6.42 Å². The van der Waals surface area contributed by atoms with Gasteiger partial charge in [0.05, 0.1) is 37.9 Å². The summed E-state index contributed by atoms with van der Waals surface area (Å²) in [6.45, 7) is -0.0948. The molecule has 2 unspecified atom stereocenters. The molecular weight excluding hydrogens is 260 g/mol. The first-order valence-electron chi connectivity index (χ1n) is 4.50. The Morgan fingerprint density at radius 3 is 1.56 bits per heavy atom. The zero-order valence-corrected chi connectivity index (χ0v) is 10.6. The number of rotatable bonds is 6. The molecular formula is C7H14O7S2. The summed E-state index contributed by atoms with van der Waals surface area (Å²) in [7, 11) is -6.91. The van der Waals surface area contributed by atoms with Crippen LogP contribution in [0, 0.1) is 0 Å². The average Bonchev–Trinajstić information content (AvgIpc) is 1.95. The van der Waals surface area contributed by atoms with Gasteiger partial charge in [0.2, 0.25) is 0 Å². The van der Waals surface area contributed by atoms with Gasteiger partial charge in [-0.25, -0.2) is 0 Å². The molecule has 2 atom stereocenters. The zero-order chi connectivity index (χ0) is 12.4. The minimum absolute atomic E-state index is 0.0474. The summed E-state index contributed by atoms with van der Waals surface area (Å²) in [5.74, 6) is 0. The highest BCUT2D eigenvalue weighted by Gasteiger charge is 2.32. The molecule has 0 aromatic carbocycles. The molecule has 0 aromatic rings. The van der Waals surface area contributed by atoms with Crippen LogP contribution in [-0.2, 0) is 33.3 Å². The Hall–Kier alpha value is -0.220. The molecule has 1 rings (SSSR count). The van der Waals surface area contributed by atoms with Gasteiger partial charge in [-0.1, -0.05) is 0 Å². The van der Waals surface area contributed by atoms with Crippen molar-refractivity contribution in [3.63, 3.8) is 0 Å². The third-order valence-electron chi connectivity index (χ3n) is 1.85. The Kier molecular flexibility index (Phi) is 4.29. The second-order valence-corrected chi connectivity index (χ2v) is 6.88. The zero-order valence-electron chi connectivity index (χ0n) is 8.95. The molecule has 0 radical (unpaired) electrons. The van der Waals surface area contributed by atoms with Gasteiger partial charge in [-0.2, -0.15) is 16.8 Å². The van der Waals surface area contributed by atoms with Crippen LogP contribution >= 0.6 is 0 Å². The van der Waals surface area contributed by atoms with Gasteiger partial charge in [-0.3, -0.25) is 8.37 Å². The maximum Gasteiger partial charge on any atom is 0.264 e. The van der Waals surface area contributed by atoms with Crippen molar-refractivity contribution >= 4 is 20.2 Å². The van der Waals surface area contributed by atoms with E-state index >= 15 is 0 Å². The highest BCUT2D eigenvalue weighted by molar-refractivity contribution is 7.86. The van der Waals surface area contributed by atoms with E-state index in [0.29, 0.717) is 6.42 Å². The van der Waals surface area contributed by atoms with Crippen molar-refractivity contribution in [2.75, 3.05) is 25.7 Å². The lowest BCUT2D eigenvalue weighted by Crippen LogP contribution is -2.43. The first-order chi connectivity index (χ1) is 7.16. The molecule has 16 heavy (non-hydrogen) atoms. The monoisotopic (exact) mass is 274 g/mol. The van der Waals surface area contributed by atoms with Gasteiger partial charge >= 0.3 is 0 Å². The largest absolute Gasteiger partial charge is 0.370 e. The molecule has 0 amide bonds.